The second kappa shape index (κ2) is 9.09. The van der Waals surface area contributed by atoms with Crippen molar-refractivity contribution in [2.75, 3.05) is 11.5 Å². The van der Waals surface area contributed by atoms with Crippen molar-refractivity contribution in [2.45, 2.75) is 20.0 Å². The first-order valence-electron chi connectivity index (χ1n) is 12.0. The van der Waals surface area contributed by atoms with Crippen LogP contribution >= 0.6 is 0 Å². The number of pyridine rings is 3. The van der Waals surface area contributed by atoms with Crippen molar-refractivity contribution in [3.8, 4) is 5.75 Å². The average Bonchev–Trinajstić information content (AvgIpc) is 2.90. The summed E-state index contributed by atoms with van der Waals surface area (Å²) >= 11 is 0. The Hall–Kier alpha value is -5.09. The molecule has 10 heteroatoms. The lowest BCUT2D eigenvalue weighted by atomic mass is 10.1. The summed E-state index contributed by atoms with van der Waals surface area (Å²) in [7, 11) is 0. The van der Waals surface area contributed by atoms with E-state index in [1.54, 1.807) is 24.5 Å². The van der Waals surface area contributed by atoms with Gasteiger partial charge in [-0.1, -0.05) is 6.07 Å². The third kappa shape index (κ3) is 4.22. The fourth-order valence-corrected chi connectivity index (χ4v) is 4.52. The lowest BCUT2D eigenvalue weighted by Crippen LogP contribution is -2.45. The van der Waals surface area contributed by atoms with Gasteiger partial charge in [-0.3, -0.25) is 15.0 Å². The molecule has 0 bridgehead atoms. The van der Waals surface area contributed by atoms with E-state index in [9.17, 15) is 0 Å². The van der Waals surface area contributed by atoms with Crippen molar-refractivity contribution >= 4 is 45.0 Å². The van der Waals surface area contributed by atoms with E-state index < -0.39 is 6.17 Å². The lowest BCUT2D eigenvalue weighted by molar-refractivity contribution is 0.274. The standard InChI is InChI=1S/C28H25N9O/c1-15-11-22(29)20-13-17(3-5-24(20)33-15)26-35-27(37(31)28(36-26)38-19-7-9-32-10-8-19)18-4-6-25-21(14-18)23(30)12-16(2)34-25/h3-14,27H,31H2,1-2H3,(H2,29,33)(H2,30,34). The molecular formula is C28H25N9O. The highest BCUT2D eigenvalue weighted by Gasteiger charge is 2.29. The topological polar surface area (TPSA) is 154 Å². The van der Waals surface area contributed by atoms with Crippen LogP contribution in [0.5, 0.6) is 5.75 Å². The molecule has 0 saturated carbocycles. The predicted octanol–water partition coefficient (Wildman–Crippen LogP) is 4.03. The third-order valence-corrected chi connectivity index (χ3v) is 6.31. The van der Waals surface area contributed by atoms with Gasteiger partial charge in [-0.15, -0.1) is 0 Å². The van der Waals surface area contributed by atoms with Crippen LogP contribution in [0.4, 0.5) is 11.4 Å². The molecule has 1 aliphatic heterocycles. The van der Waals surface area contributed by atoms with Gasteiger partial charge in [0, 0.05) is 51.5 Å². The fourth-order valence-electron chi connectivity index (χ4n) is 4.52. The molecule has 10 nitrogen and oxygen atoms in total. The highest BCUT2D eigenvalue weighted by Crippen LogP contribution is 2.31. The second-order valence-electron chi connectivity index (χ2n) is 9.13. The Bertz CT molecular complexity index is 1770. The SMILES string of the molecule is Cc1cc(N)c2cc(C3=NC(c4ccc5nc(C)cc(N)c5c4)N(N)C(Oc4ccncc4)=N3)ccc2n1. The van der Waals surface area contributed by atoms with Crippen LogP contribution in [-0.2, 0) is 0 Å². The fraction of sp³-hybridized carbons (Fsp3) is 0.107. The van der Waals surface area contributed by atoms with Crippen molar-refractivity contribution in [3.05, 3.63) is 95.6 Å². The van der Waals surface area contributed by atoms with Crippen LogP contribution < -0.4 is 22.0 Å². The molecule has 3 aromatic heterocycles. The number of aliphatic imine (C=N–C) groups is 2. The van der Waals surface area contributed by atoms with Gasteiger partial charge in [0.2, 0.25) is 0 Å². The molecule has 0 fully saturated rings. The monoisotopic (exact) mass is 503 g/mol. The first kappa shape index (κ1) is 23.3. The van der Waals surface area contributed by atoms with Crippen LogP contribution in [0, 0.1) is 13.8 Å². The first-order chi connectivity index (χ1) is 18.4. The molecule has 0 aliphatic carbocycles. The maximum Gasteiger partial charge on any atom is 0.316 e. The molecule has 38 heavy (non-hydrogen) atoms. The van der Waals surface area contributed by atoms with Gasteiger partial charge in [0.1, 0.15) is 5.75 Å². The maximum absolute atomic E-state index is 6.56. The number of nitrogen functional groups attached to an aromatic ring is 2. The normalized spacial score (nSPS) is 15.4. The Kier molecular flexibility index (Phi) is 5.58. The van der Waals surface area contributed by atoms with E-state index in [1.807, 2.05) is 62.4 Å². The van der Waals surface area contributed by atoms with Crippen LogP contribution in [-0.4, -0.2) is 31.8 Å². The largest absolute Gasteiger partial charge is 0.425 e. The van der Waals surface area contributed by atoms with E-state index in [0.29, 0.717) is 23.0 Å². The van der Waals surface area contributed by atoms with E-state index in [4.69, 9.17) is 27.0 Å². The second-order valence-corrected chi connectivity index (χ2v) is 9.13. The van der Waals surface area contributed by atoms with Crippen molar-refractivity contribution < 1.29 is 4.74 Å². The zero-order chi connectivity index (χ0) is 26.4. The summed E-state index contributed by atoms with van der Waals surface area (Å²) in [5.74, 6) is 7.54. The first-order valence-corrected chi connectivity index (χ1v) is 12.0. The van der Waals surface area contributed by atoms with Crippen LogP contribution in [0.1, 0.15) is 28.7 Å². The van der Waals surface area contributed by atoms with Crippen molar-refractivity contribution in [2.24, 2.45) is 15.8 Å². The number of hydrogen-bond donors (Lipinski definition) is 3. The number of benzene rings is 2. The van der Waals surface area contributed by atoms with Crippen molar-refractivity contribution in [1.29, 1.82) is 0 Å². The van der Waals surface area contributed by atoms with E-state index >= 15 is 0 Å². The Labute approximate surface area is 218 Å². The smallest absolute Gasteiger partial charge is 0.316 e. The van der Waals surface area contributed by atoms with Crippen LogP contribution in [0.15, 0.2) is 83.0 Å². The third-order valence-electron chi connectivity index (χ3n) is 6.31. The van der Waals surface area contributed by atoms with Crippen LogP contribution in [0.2, 0.25) is 0 Å². The van der Waals surface area contributed by atoms with Gasteiger partial charge >= 0.3 is 6.02 Å². The minimum absolute atomic E-state index is 0.177. The van der Waals surface area contributed by atoms with Gasteiger partial charge in [-0.25, -0.2) is 15.8 Å². The Balaban J connectivity index is 1.49. The van der Waals surface area contributed by atoms with Gasteiger partial charge < -0.3 is 16.2 Å². The zero-order valence-corrected chi connectivity index (χ0v) is 20.8. The van der Waals surface area contributed by atoms with Crippen LogP contribution in [0.3, 0.4) is 0 Å². The summed E-state index contributed by atoms with van der Waals surface area (Å²) < 4.78 is 6.08. The molecule has 0 saturated heterocycles. The summed E-state index contributed by atoms with van der Waals surface area (Å²) in [4.78, 5) is 22.8. The molecule has 0 radical (unpaired) electrons. The number of aryl methyl sites for hydroxylation is 2. The zero-order valence-electron chi connectivity index (χ0n) is 20.8. The summed E-state index contributed by atoms with van der Waals surface area (Å²) in [6.45, 7) is 3.82. The predicted molar refractivity (Wildman–Crippen MR) is 149 cm³/mol. The summed E-state index contributed by atoms with van der Waals surface area (Å²) in [5, 5.41) is 3.02. The number of fused-ring (bicyclic) bond motifs is 2. The number of nitrogens with two attached hydrogens (primary N) is 3. The molecule has 1 aliphatic rings. The molecule has 1 unspecified atom stereocenters. The van der Waals surface area contributed by atoms with Gasteiger partial charge in [-0.05, 0) is 74.0 Å². The highest BCUT2D eigenvalue weighted by atomic mass is 16.5. The van der Waals surface area contributed by atoms with Crippen LogP contribution in [0.25, 0.3) is 21.8 Å². The highest BCUT2D eigenvalue weighted by molar-refractivity contribution is 6.09. The Morgan fingerprint density at radius 2 is 1.42 bits per heavy atom. The number of rotatable bonds is 3. The van der Waals surface area contributed by atoms with Gasteiger partial charge in [0.05, 0.1) is 11.0 Å². The van der Waals surface area contributed by atoms with Crippen molar-refractivity contribution in [3.63, 3.8) is 0 Å². The quantitative estimate of drug-likeness (QED) is 0.312. The summed E-state index contributed by atoms with van der Waals surface area (Å²) in [6, 6.07) is 18.9. The molecular weight excluding hydrogens is 478 g/mol. The summed E-state index contributed by atoms with van der Waals surface area (Å²) in [6.07, 6.45) is 2.62. The minimum Gasteiger partial charge on any atom is -0.425 e. The number of ether oxygens (including phenoxy) is 1. The molecule has 1 atom stereocenters. The molecule has 5 aromatic rings. The summed E-state index contributed by atoms with van der Waals surface area (Å²) in [5.41, 5.74) is 18.7. The Morgan fingerprint density at radius 3 is 2.11 bits per heavy atom. The maximum atomic E-state index is 6.56. The van der Waals surface area contributed by atoms with Gasteiger partial charge in [-0.2, -0.15) is 4.99 Å². The molecule has 6 N–H and O–H groups in total. The molecule has 0 spiro atoms. The molecule has 0 amide bonds. The number of hydrogen-bond acceptors (Lipinski definition) is 10. The molecule has 2 aromatic carbocycles. The van der Waals surface area contributed by atoms with E-state index in [2.05, 4.69) is 19.9 Å². The number of nitrogens with zero attached hydrogens (tertiary/aromatic N) is 6. The molecule has 6 rings (SSSR count). The van der Waals surface area contributed by atoms with Gasteiger partial charge in [0.25, 0.3) is 0 Å². The number of anilines is 2. The van der Waals surface area contributed by atoms with E-state index in [1.165, 1.54) is 5.01 Å². The number of aromatic nitrogens is 3. The van der Waals surface area contributed by atoms with Crippen molar-refractivity contribution in [1.82, 2.24) is 20.0 Å². The number of hydrazine groups is 1. The lowest BCUT2D eigenvalue weighted by Gasteiger charge is -2.30. The number of amidine groups is 2. The molecule has 4 heterocycles. The van der Waals surface area contributed by atoms with E-state index in [0.717, 1.165) is 44.3 Å². The minimum atomic E-state index is -0.645. The Morgan fingerprint density at radius 1 is 0.789 bits per heavy atom. The average molecular weight is 504 g/mol. The molecule has 188 valence electrons. The van der Waals surface area contributed by atoms with E-state index in [-0.39, 0.29) is 6.02 Å². The van der Waals surface area contributed by atoms with Gasteiger partial charge in [0.15, 0.2) is 12.0 Å².